The Balaban J connectivity index is 0.000000125. The fraction of sp³-hybridized carbons (Fsp3) is 0.789. The minimum absolute atomic E-state index is 0.132. The molecule has 0 spiro atoms. The second kappa shape index (κ2) is 28.5. The van der Waals surface area contributed by atoms with Gasteiger partial charge in [0.15, 0.2) is 0 Å². The summed E-state index contributed by atoms with van der Waals surface area (Å²) in [6, 6.07) is 2.38. The van der Waals surface area contributed by atoms with Crippen LogP contribution in [0.3, 0.4) is 0 Å². The number of hydrogen-bond acceptors (Lipinski definition) is 15. The topological polar surface area (TPSA) is 151 Å². The Bertz CT molecular complexity index is 3120. The van der Waals surface area contributed by atoms with Crippen molar-refractivity contribution in [1.29, 1.82) is 0 Å². The van der Waals surface area contributed by atoms with E-state index in [2.05, 4.69) is 196 Å². The Morgan fingerprint density at radius 3 is 1.14 bits per heavy atom. The summed E-state index contributed by atoms with van der Waals surface area (Å²) in [6.45, 7) is 62.9. The smallest absolute Gasteiger partial charge is 0.123 e. The molecular formula is C71H119N15O5. The van der Waals surface area contributed by atoms with Crippen LogP contribution in [-0.4, -0.2) is 202 Å². The lowest BCUT2D eigenvalue weighted by Gasteiger charge is -2.42. The summed E-state index contributed by atoms with van der Waals surface area (Å²) >= 11 is 0. The number of aromatic nitrogens is 10. The Morgan fingerprint density at radius 2 is 0.780 bits per heavy atom. The van der Waals surface area contributed by atoms with E-state index < -0.39 is 0 Å². The van der Waals surface area contributed by atoms with Gasteiger partial charge in [0.1, 0.15) is 29.1 Å². The van der Waals surface area contributed by atoms with Gasteiger partial charge in [0.25, 0.3) is 0 Å². The summed E-state index contributed by atoms with van der Waals surface area (Å²) in [5.41, 5.74) is 7.12. The molecule has 0 bridgehead atoms. The highest BCUT2D eigenvalue weighted by Gasteiger charge is 2.38. The summed E-state index contributed by atoms with van der Waals surface area (Å²) in [4.78, 5) is 36.7. The Kier molecular flexibility index (Phi) is 21.8. The summed E-state index contributed by atoms with van der Waals surface area (Å²) in [6.07, 6.45) is 14.7. The molecule has 4 fully saturated rings. The van der Waals surface area contributed by atoms with Crippen molar-refractivity contribution in [3.05, 3.63) is 88.6 Å². The molecule has 0 saturated carbocycles. The van der Waals surface area contributed by atoms with E-state index in [-0.39, 0.29) is 27.1 Å². The third kappa shape index (κ3) is 17.8. The van der Waals surface area contributed by atoms with E-state index in [0.717, 1.165) is 164 Å². The first-order valence-electron chi connectivity index (χ1n) is 34.7. The third-order valence-corrected chi connectivity index (χ3v) is 19.9. The van der Waals surface area contributed by atoms with Gasteiger partial charge in [0, 0.05) is 181 Å². The standard InChI is InChI=1S/2C15H25N3O.C14H23N3O.C14H25N3O.C13H21N3O/c1-15(2,3)13-10-18-7-6-17(11-14(18)16-13)12-4-8-19-9-5-12;1-14(2,3)12-7-18-6-5-17(8-13(18)16-12)9-15(4)10-19-11-15;1-14(2,3)12-8-17-6-5-16(9-13(17)15-12)11-4-7-18-10-11;1-11(10-18-5)16-6-7-17-8-12(14(2,3)4)15-13(17)9-16;1-13(2,3)11-6-16-5-4-15(7-12(16)14-11)10-8-17-9-10/h10,12H,4-9,11H2,1-3H3;7H,5-6,8-11H2,1-4H3;8,11H,4-7,9-10H2,1-3H3;8,11H,6-7,9-10H2,1-5H3;6,10H,4-5,7-9H2,1-3H3. The summed E-state index contributed by atoms with van der Waals surface area (Å²) < 4.78 is 38.4. The maximum Gasteiger partial charge on any atom is 0.123 e. The largest absolute Gasteiger partial charge is 0.383 e. The predicted octanol–water partition coefficient (Wildman–Crippen LogP) is 9.42. The van der Waals surface area contributed by atoms with Gasteiger partial charge in [-0.1, -0.05) is 111 Å². The van der Waals surface area contributed by atoms with Crippen molar-refractivity contribution in [1.82, 2.24) is 72.3 Å². The summed E-state index contributed by atoms with van der Waals surface area (Å²) in [7, 11) is 1.76. The van der Waals surface area contributed by atoms with Crippen molar-refractivity contribution in [2.45, 2.75) is 254 Å². The molecule has 0 aromatic carbocycles. The fourth-order valence-corrected chi connectivity index (χ4v) is 13.4. The number of nitrogens with zero attached hydrogens (tertiary/aromatic N) is 15. The van der Waals surface area contributed by atoms with E-state index in [1.807, 2.05) is 0 Å². The van der Waals surface area contributed by atoms with Crippen molar-refractivity contribution >= 4 is 0 Å². The van der Waals surface area contributed by atoms with E-state index in [4.69, 9.17) is 48.6 Å². The molecule has 9 aliphatic rings. The molecule has 5 aromatic rings. The van der Waals surface area contributed by atoms with Gasteiger partial charge in [-0.25, -0.2) is 24.9 Å². The molecule has 0 amide bonds. The second-order valence-corrected chi connectivity index (χ2v) is 33.2. The van der Waals surface area contributed by atoms with Crippen LogP contribution in [0.4, 0.5) is 0 Å². The van der Waals surface area contributed by atoms with Crippen molar-refractivity contribution in [3.8, 4) is 0 Å². The highest BCUT2D eigenvalue weighted by molar-refractivity contribution is 5.19. The van der Waals surface area contributed by atoms with Gasteiger partial charge < -0.3 is 46.5 Å². The lowest BCUT2D eigenvalue weighted by Crippen LogP contribution is -2.51. The van der Waals surface area contributed by atoms with Crippen LogP contribution in [0.15, 0.2) is 31.0 Å². The number of imidazole rings is 5. The first kappa shape index (κ1) is 69.5. The van der Waals surface area contributed by atoms with Gasteiger partial charge in [-0.15, -0.1) is 0 Å². The fourth-order valence-electron chi connectivity index (χ4n) is 13.4. The van der Waals surface area contributed by atoms with Crippen LogP contribution in [0, 0.1) is 5.41 Å². The van der Waals surface area contributed by atoms with Gasteiger partial charge in [-0.2, -0.15) is 0 Å². The van der Waals surface area contributed by atoms with E-state index in [9.17, 15) is 0 Å². The maximum absolute atomic E-state index is 5.49. The Morgan fingerprint density at radius 1 is 0.429 bits per heavy atom. The maximum atomic E-state index is 5.49. The van der Waals surface area contributed by atoms with E-state index >= 15 is 0 Å². The second-order valence-electron chi connectivity index (χ2n) is 33.2. The van der Waals surface area contributed by atoms with E-state index in [0.29, 0.717) is 29.6 Å². The Hall–Kier alpha value is -4.35. The zero-order chi connectivity index (χ0) is 65.3. The number of hydrogen-bond donors (Lipinski definition) is 0. The molecule has 2 unspecified atom stereocenters. The SMILES string of the molecule is CC(C)(C)c1cn2c(n1)CN(C1CCOC1)CC2.CC(C)(C)c1cn2c(n1)CN(C1CCOCC1)CC2.CC(C)(C)c1cn2c(n1)CN(C1COC1)CC2.CC1(CN2CCn3cc(C(C)(C)C)nc3C2)COC1.COCC(C)N1CCn2cc(C(C)(C)C)nc2C1. The lowest BCUT2D eigenvalue weighted by atomic mass is 9.88. The van der Waals surface area contributed by atoms with Gasteiger partial charge >= 0.3 is 0 Å². The Labute approximate surface area is 547 Å². The number of fused-ring (bicyclic) bond motifs is 5. The van der Waals surface area contributed by atoms with Gasteiger partial charge in [-0.3, -0.25) is 24.5 Å². The predicted molar refractivity (Wildman–Crippen MR) is 359 cm³/mol. The van der Waals surface area contributed by atoms with Crippen molar-refractivity contribution in [2.24, 2.45) is 5.41 Å². The van der Waals surface area contributed by atoms with E-state index in [1.54, 1.807) is 7.11 Å². The van der Waals surface area contributed by atoms with E-state index in [1.165, 1.54) is 76.9 Å². The van der Waals surface area contributed by atoms with Crippen molar-refractivity contribution < 1.29 is 23.7 Å². The van der Waals surface area contributed by atoms with Crippen LogP contribution < -0.4 is 0 Å². The minimum Gasteiger partial charge on any atom is -0.383 e. The molecule has 0 radical (unpaired) electrons. The zero-order valence-electron chi connectivity index (χ0n) is 59.7. The average Bonchev–Trinajstić information content (AvgIpc) is 2.01. The highest BCUT2D eigenvalue weighted by atomic mass is 16.5. The average molecular weight is 1260 g/mol. The molecule has 91 heavy (non-hydrogen) atoms. The number of ether oxygens (including phenoxy) is 5. The minimum atomic E-state index is 0.132. The van der Waals surface area contributed by atoms with Crippen LogP contribution >= 0.6 is 0 Å². The van der Waals surface area contributed by atoms with Gasteiger partial charge in [0.05, 0.1) is 107 Å². The molecule has 20 heteroatoms. The van der Waals surface area contributed by atoms with Crippen LogP contribution in [-0.2, 0) is 116 Å². The molecular weight excluding hydrogens is 1140 g/mol. The van der Waals surface area contributed by atoms with Crippen molar-refractivity contribution in [3.63, 3.8) is 0 Å². The molecule has 14 heterocycles. The lowest BCUT2D eigenvalue weighted by molar-refractivity contribution is -0.117. The van der Waals surface area contributed by atoms with Crippen LogP contribution in [0.1, 0.15) is 195 Å². The molecule has 2 atom stereocenters. The van der Waals surface area contributed by atoms with Crippen LogP contribution in [0.5, 0.6) is 0 Å². The van der Waals surface area contributed by atoms with Crippen molar-refractivity contribution in [2.75, 3.05) is 106 Å². The third-order valence-electron chi connectivity index (χ3n) is 19.9. The molecule has 0 N–H and O–H groups in total. The number of methoxy groups -OCH3 is 1. The monoisotopic (exact) mass is 1260 g/mol. The number of rotatable bonds is 8. The normalized spacial score (nSPS) is 22.4. The first-order valence-corrected chi connectivity index (χ1v) is 34.7. The van der Waals surface area contributed by atoms with Crippen LogP contribution in [0.2, 0.25) is 0 Å². The molecule has 9 aliphatic heterocycles. The first-order chi connectivity index (χ1) is 42.9. The van der Waals surface area contributed by atoms with Crippen LogP contribution in [0.25, 0.3) is 0 Å². The van der Waals surface area contributed by atoms with Gasteiger partial charge in [-0.05, 0) is 26.2 Å². The zero-order valence-corrected chi connectivity index (χ0v) is 59.7. The molecule has 20 nitrogen and oxygen atoms in total. The highest BCUT2D eigenvalue weighted by Crippen LogP contribution is 2.33. The molecule has 4 saturated heterocycles. The molecule has 14 rings (SSSR count). The quantitative estimate of drug-likeness (QED) is 0.145. The summed E-state index contributed by atoms with van der Waals surface area (Å²) in [5.74, 6) is 6.09. The molecule has 0 aliphatic carbocycles. The molecule has 508 valence electrons. The summed E-state index contributed by atoms with van der Waals surface area (Å²) in [5, 5.41) is 0. The molecule has 5 aromatic heterocycles. The van der Waals surface area contributed by atoms with Gasteiger partial charge in [0.2, 0.25) is 0 Å².